The van der Waals surface area contributed by atoms with Crippen molar-refractivity contribution in [3.05, 3.63) is 46.9 Å². The zero-order chi connectivity index (χ0) is 19.5. The number of hydrogen-bond acceptors (Lipinski definition) is 6. The second-order valence-electron chi connectivity index (χ2n) is 7.41. The molecule has 148 valence electrons. The smallest absolute Gasteiger partial charge is 0.270 e. The summed E-state index contributed by atoms with van der Waals surface area (Å²) in [4.78, 5) is 21.5. The van der Waals surface area contributed by atoms with Gasteiger partial charge in [0.25, 0.3) is 11.8 Å². The second-order valence-corrected chi connectivity index (χ2v) is 7.41. The average Bonchev–Trinajstić information content (AvgIpc) is 2.71. The van der Waals surface area contributed by atoms with Gasteiger partial charge in [0, 0.05) is 23.9 Å². The number of aliphatic hydroxyl groups is 1. The van der Waals surface area contributed by atoms with Crippen molar-refractivity contribution in [3.8, 4) is 11.6 Å². The number of aromatic nitrogens is 2. The largest absolute Gasteiger partial charge is 0.484 e. The maximum Gasteiger partial charge on any atom is 0.270 e. The summed E-state index contributed by atoms with van der Waals surface area (Å²) in [6, 6.07) is 5.48. The van der Waals surface area contributed by atoms with Crippen LogP contribution < -0.4 is 14.8 Å². The van der Waals surface area contributed by atoms with E-state index in [1.807, 2.05) is 25.3 Å². The number of pyridine rings is 2. The summed E-state index contributed by atoms with van der Waals surface area (Å²) < 4.78 is 11.4. The van der Waals surface area contributed by atoms with Gasteiger partial charge in [0.15, 0.2) is 5.75 Å². The van der Waals surface area contributed by atoms with Crippen molar-refractivity contribution in [2.24, 2.45) is 0 Å². The summed E-state index contributed by atoms with van der Waals surface area (Å²) in [5, 5.41) is 13.1. The lowest BCUT2D eigenvalue weighted by Crippen LogP contribution is -2.45. The molecular weight excluding hydrogens is 358 g/mol. The number of aliphatic hydroxyl groups excluding tert-OH is 1. The lowest BCUT2D eigenvalue weighted by atomic mass is 9.92. The van der Waals surface area contributed by atoms with Gasteiger partial charge in [-0.2, -0.15) is 0 Å². The summed E-state index contributed by atoms with van der Waals surface area (Å²) in [6.07, 6.45) is 5.36. The van der Waals surface area contributed by atoms with Gasteiger partial charge in [0.05, 0.1) is 12.1 Å². The zero-order valence-corrected chi connectivity index (χ0v) is 16.0. The van der Waals surface area contributed by atoms with Gasteiger partial charge in [-0.1, -0.05) is 18.9 Å². The highest BCUT2D eigenvalue weighted by Crippen LogP contribution is 2.34. The van der Waals surface area contributed by atoms with Gasteiger partial charge in [-0.05, 0) is 37.5 Å². The van der Waals surface area contributed by atoms with Crippen LogP contribution in [0.25, 0.3) is 0 Å². The molecule has 7 heteroatoms. The number of hydrogen-bond donors (Lipinski definition) is 2. The number of carbonyl (C=O) groups is 1. The van der Waals surface area contributed by atoms with E-state index in [9.17, 15) is 9.90 Å². The van der Waals surface area contributed by atoms with Crippen LogP contribution in [0.15, 0.2) is 24.4 Å². The highest BCUT2D eigenvalue weighted by molar-refractivity contribution is 5.93. The standard InChI is InChI=1S/C21H25N3O4/c1-13-6-7-14(12-22-13)10-15-11-17(24-21-19(15)27-8-9-28-21)20(26)23-16-4-2-3-5-18(16)25/h6-7,11-12,16,18,25H,2-5,8-10H2,1H3,(H,23,26)/t16-,18-/m0/s1. The van der Waals surface area contributed by atoms with Crippen molar-refractivity contribution in [2.45, 2.75) is 51.2 Å². The van der Waals surface area contributed by atoms with E-state index in [2.05, 4.69) is 15.3 Å². The van der Waals surface area contributed by atoms with Crippen molar-refractivity contribution in [1.29, 1.82) is 0 Å². The number of amides is 1. The molecule has 1 fully saturated rings. The third kappa shape index (κ3) is 4.09. The summed E-state index contributed by atoms with van der Waals surface area (Å²) in [7, 11) is 0. The van der Waals surface area contributed by atoms with Crippen LogP contribution in [0.2, 0.25) is 0 Å². The number of carbonyl (C=O) groups excluding carboxylic acids is 1. The lowest BCUT2D eigenvalue weighted by Gasteiger charge is -2.28. The summed E-state index contributed by atoms with van der Waals surface area (Å²) in [5.74, 6) is 0.630. The van der Waals surface area contributed by atoms with Crippen LogP contribution in [0, 0.1) is 6.92 Å². The highest BCUT2D eigenvalue weighted by atomic mass is 16.6. The van der Waals surface area contributed by atoms with E-state index in [1.165, 1.54) is 0 Å². The molecule has 0 saturated heterocycles. The summed E-state index contributed by atoms with van der Waals surface area (Å²) >= 11 is 0. The quantitative estimate of drug-likeness (QED) is 0.841. The molecule has 0 bridgehead atoms. The molecule has 0 aromatic carbocycles. The van der Waals surface area contributed by atoms with Gasteiger partial charge in [-0.3, -0.25) is 9.78 Å². The molecule has 1 aliphatic carbocycles. The van der Waals surface area contributed by atoms with E-state index in [4.69, 9.17) is 9.47 Å². The Labute approximate surface area is 164 Å². The molecule has 1 saturated carbocycles. The van der Waals surface area contributed by atoms with E-state index in [-0.39, 0.29) is 17.6 Å². The first-order chi connectivity index (χ1) is 13.6. The van der Waals surface area contributed by atoms with E-state index < -0.39 is 6.10 Å². The number of fused-ring (bicyclic) bond motifs is 1. The number of nitrogens with zero attached hydrogens (tertiary/aromatic N) is 2. The van der Waals surface area contributed by atoms with E-state index in [1.54, 1.807) is 6.07 Å². The molecule has 0 unspecified atom stereocenters. The Balaban J connectivity index is 1.60. The van der Waals surface area contributed by atoms with Gasteiger partial charge < -0.3 is 19.9 Å². The van der Waals surface area contributed by atoms with E-state index in [0.717, 1.165) is 36.1 Å². The first-order valence-corrected chi connectivity index (χ1v) is 9.80. The molecule has 2 aromatic heterocycles. The van der Waals surface area contributed by atoms with Crippen LogP contribution >= 0.6 is 0 Å². The van der Waals surface area contributed by atoms with Crippen LogP contribution in [0.5, 0.6) is 11.6 Å². The number of ether oxygens (including phenoxy) is 2. The molecule has 2 atom stereocenters. The fraction of sp³-hybridized carbons (Fsp3) is 0.476. The molecule has 1 aliphatic heterocycles. The normalized spacial score (nSPS) is 21.2. The molecule has 2 aromatic rings. The van der Waals surface area contributed by atoms with Gasteiger partial charge in [-0.25, -0.2) is 4.98 Å². The van der Waals surface area contributed by atoms with Crippen LogP contribution in [0.1, 0.15) is 53.0 Å². The van der Waals surface area contributed by atoms with Gasteiger partial charge >= 0.3 is 0 Å². The third-order valence-electron chi connectivity index (χ3n) is 5.23. The maximum absolute atomic E-state index is 12.8. The van der Waals surface area contributed by atoms with Crippen molar-refractivity contribution >= 4 is 5.91 Å². The minimum Gasteiger partial charge on any atom is -0.484 e. The number of aryl methyl sites for hydroxylation is 1. The molecule has 28 heavy (non-hydrogen) atoms. The van der Waals surface area contributed by atoms with E-state index in [0.29, 0.717) is 37.7 Å². The Morgan fingerprint density at radius 3 is 2.86 bits per heavy atom. The molecule has 3 heterocycles. The zero-order valence-electron chi connectivity index (χ0n) is 16.0. The SMILES string of the molecule is Cc1ccc(Cc2cc(C(=O)N[C@H]3CCCC[C@@H]3O)nc3c2OCCO3)cn1. The van der Waals surface area contributed by atoms with Crippen LogP contribution in [0.4, 0.5) is 0 Å². The molecule has 2 N–H and O–H groups in total. The second kappa shape index (κ2) is 8.14. The van der Waals surface area contributed by atoms with E-state index >= 15 is 0 Å². The first-order valence-electron chi connectivity index (χ1n) is 9.80. The van der Waals surface area contributed by atoms with Gasteiger partial charge in [0.2, 0.25) is 0 Å². The first kappa shape index (κ1) is 18.7. The fourth-order valence-electron chi connectivity index (χ4n) is 3.69. The number of nitrogens with one attached hydrogen (secondary N) is 1. The molecule has 4 rings (SSSR count). The third-order valence-corrected chi connectivity index (χ3v) is 5.23. The van der Waals surface area contributed by atoms with Crippen molar-refractivity contribution in [3.63, 3.8) is 0 Å². The minimum atomic E-state index is -0.506. The van der Waals surface area contributed by atoms with Crippen molar-refractivity contribution < 1.29 is 19.4 Å². The summed E-state index contributed by atoms with van der Waals surface area (Å²) in [5.41, 5.74) is 3.08. The molecular formula is C21H25N3O4. The Morgan fingerprint density at radius 1 is 1.25 bits per heavy atom. The number of rotatable bonds is 4. The topological polar surface area (TPSA) is 93.6 Å². The van der Waals surface area contributed by atoms with Gasteiger partial charge in [-0.15, -0.1) is 0 Å². The molecule has 0 spiro atoms. The van der Waals surface area contributed by atoms with Crippen molar-refractivity contribution in [2.75, 3.05) is 13.2 Å². The molecule has 2 aliphatic rings. The Bertz CT molecular complexity index is 853. The summed E-state index contributed by atoms with van der Waals surface area (Å²) in [6.45, 7) is 2.79. The van der Waals surface area contributed by atoms with Crippen LogP contribution in [0.3, 0.4) is 0 Å². The van der Waals surface area contributed by atoms with Crippen LogP contribution in [-0.2, 0) is 6.42 Å². The predicted molar refractivity (Wildman–Crippen MR) is 103 cm³/mol. The highest BCUT2D eigenvalue weighted by Gasteiger charge is 2.27. The monoisotopic (exact) mass is 383 g/mol. The Hall–Kier alpha value is -2.67. The lowest BCUT2D eigenvalue weighted by molar-refractivity contribution is 0.0712. The van der Waals surface area contributed by atoms with Crippen LogP contribution in [-0.4, -0.2) is 46.3 Å². The Morgan fingerprint density at radius 2 is 2.07 bits per heavy atom. The molecule has 1 amide bonds. The Kier molecular flexibility index (Phi) is 5.43. The predicted octanol–water partition coefficient (Wildman–Crippen LogP) is 2.18. The van der Waals surface area contributed by atoms with Gasteiger partial charge in [0.1, 0.15) is 18.9 Å². The van der Waals surface area contributed by atoms with Crippen molar-refractivity contribution in [1.82, 2.24) is 15.3 Å². The maximum atomic E-state index is 12.8. The fourth-order valence-corrected chi connectivity index (χ4v) is 3.69. The minimum absolute atomic E-state index is 0.235. The molecule has 7 nitrogen and oxygen atoms in total. The average molecular weight is 383 g/mol. The molecule has 0 radical (unpaired) electrons.